The molecule has 1 aromatic heterocycles. The summed E-state index contributed by atoms with van der Waals surface area (Å²) in [5.74, 6) is 0.481. The normalized spacial score (nSPS) is 18.7. The molecule has 108 valence electrons. The van der Waals surface area contributed by atoms with Crippen molar-refractivity contribution in [1.82, 2.24) is 15.2 Å². The summed E-state index contributed by atoms with van der Waals surface area (Å²) in [6.45, 7) is 3.29. The Kier molecular flexibility index (Phi) is 4.71. The lowest BCUT2D eigenvalue weighted by Gasteiger charge is -2.32. The van der Waals surface area contributed by atoms with Crippen molar-refractivity contribution in [1.29, 1.82) is 0 Å². The highest BCUT2D eigenvalue weighted by molar-refractivity contribution is 5.93. The number of amides is 2. The molecule has 0 aromatic carbocycles. The molecule has 0 radical (unpaired) electrons. The molecule has 1 fully saturated rings. The van der Waals surface area contributed by atoms with Crippen molar-refractivity contribution in [3.8, 4) is 0 Å². The van der Waals surface area contributed by atoms with E-state index in [0.717, 1.165) is 37.9 Å². The third kappa shape index (κ3) is 3.56. The number of rotatable bonds is 3. The molecule has 0 saturated carbocycles. The van der Waals surface area contributed by atoms with Crippen LogP contribution in [0.25, 0.3) is 0 Å². The van der Waals surface area contributed by atoms with Crippen LogP contribution >= 0.6 is 0 Å². The fourth-order valence-electron chi connectivity index (χ4n) is 2.72. The van der Waals surface area contributed by atoms with Gasteiger partial charge < -0.3 is 10.2 Å². The molecule has 2 rings (SSSR count). The second-order valence-electron chi connectivity index (χ2n) is 5.34. The van der Waals surface area contributed by atoms with Crippen LogP contribution in [0.2, 0.25) is 0 Å². The van der Waals surface area contributed by atoms with Gasteiger partial charge in [-0.2, -0.15) is 0 Å². The van der Waals surface area contributed by atoms with Crippen LogP contribution in [0.3, 0.4) is 0 Å². The minimum atomic E-state index is -0.117. The van der Waals surface area contributed by atoms with Crippen LogP contribution in [0.5, 0.6) is 0 Å². The molecule has 5 heteroatoms. The van der Waals surface area contributed by atoms with Gasteiger partial charge in [-0.1, -0.05) is 0 Å². The average Bonchev–Trinajstić information content (AvgIpc) is 2.47. The Balaban J connectivity index is 2.02. The number of hydrogen-bond donors (Lipinski definition) is 1. The van der Waals surface area contributed by atoms with E-state index in [0.29, 0.717) is 11.5 Å². The molecular formula is C15H21N3O2. The first-order valence-electron chi connectivity index (χ1n) is 7.01. The zero-order chi connectivity index (χ0) is 14.5. The van der Waals surface area contributed by atoms with Gasteiger partial charge in [-0.05, 0) is 36.8 Å². The summed E-state index contributed by atoms with van der Waals surface area (Å²) < 4.78 is 0. The molecule has 2 heterocycles. The van der Waals surface area contributed by atoms with E-state index in [-0.39, 0.29) is 11.8 Å². The van der Waals surface area contributed by atoms with Gasteiger partial charge in [-0.3, -0.25) is 14.6 Å². The molecule has 1 aliphatic rings. The van der Waals surface area contributed by atoms with E-state index in [9.17, 15) is 9.59 Å². The highest BCUT2D eigenvalue weighted by atomic mass is 16.2. The molecule has 5 nitrogen and oxygen atoms in total. The van der Waals surface area contributed by atoms with Crippen LogP contribution in [0, 0.1) is 5.92 Å². The zero-order valence-corrected chi connectivity index (χ0v) is 12.1. The van der Waals surface area contributed by atoms with E-state index >= 15 is 0 Å². The van der Waals surface area contributed by atoms with Crippen LogP contribution in [0.4, 0.5) is 0 Å². The largest absolute Gasteiger partial charge is 0.355 e. The summed E-state index contributed by atoms with van der Waals surface area (Å²) in [7, 11) is 1.61. The Hall–Kier alpha value is -1.91. The topological polar surface area (TPSA) is 62.3 Å². The molecule has 1 N–H and O–H groups in total. The van der Waals surface area contributed by atoms with Crippen molar-refractivity contribution in [2.24, 2.45) is 5.92 Å². The summed E-state index contributed by atoms with van der Waals surface area (Å²) in [5.41, 5.74) is 1.64. The number of carbonyl (C=O) groups excluding carboxylic acids is 2. The van der Waals surface area contributed by atoms with E-state index in [1.807, 2.05) is 11.0 Å². The van der Waals surface area contributed by atoms with Crippen molar-refractivity contribution in [3.63, 3.8) is 0 Å². The third-order valence-electron chi connectivity index (χ3n) is 3.77. The summed E-state index contributed by atoms with van der Waals surface area (Å²) in [4.78, 5) is 29.1. The van der Waals surface area contributed by atoms with Gasteiger partial charge in [0.1, 0.15) is 0 Å². The Bertz CT molecular complexity index is 502. The maximum atomic E-state index is 11.6. The van der Waals surface area contributed by atoms with Gasteiger partial charge in [0.25, 0.3) is 5.91 Å². The fourth-order valence-corrected chi connectivity index (χ4v) is 2.72. The van der Waals surface area contributed by atoms with Crippen LogP contribution in [-0.4, -0.2) is 41.8 Å². The Morgan fingerprint density at radius 3 is 2.95 bits per heavy atom. The summed E-state index contributed by atoms with van der Waals surface area (Å²) in [6.07, 6.45) is 6.41. The second-order valence-corrected chi connectivity index (χ2v) is 5.34. The van der Waals surface area contributed by atoms with Gasteiger partial charge >= 0.3 is 0 Å². The molecule has 1 saturated heterocycles. The fraction of sp³-hybridized carbons (Fsp3) is 0.533. The van der Waals surface area contributed by atoms with Crippen molar-refractivity contribution in [2.45, 2.75) is 26.2 Å². The Morgan fingerprint density at radius 2 is 2.25 bits per heavy atom. The molecule has 20 heavy (non-hydrogen) atoms. The minimum absolute atomic E-state index is 0.117. The molecular weight excluding hydrogens is 254 g/mol. The van der Waals surface area contributed by atoms with Crippen LogP contribution < -0.4 is 5.32 Å². The molecule has 1 aliphatic heterocycles. The van der Waals surface area contributed by atoms with Crippen molar-refractivity contribution in [2.75, 3.05) is 20.1 Å². The third-order valence-corrected chi connectivity index (χ3v) is 3.77. The SMILES string of the molecule is CNC(=O)c1cncc(CC2CCCN(C(C)=O)C2)c1. The van der Waals surface area contributed by atoms with E-state index in [1.165, 1.54) is 0 Å². The number of carbonyl (C=O) groups is 2. The first-order valence-corrected chi connectivity index (χ1v) is 7.01. The summed E-state index contributed by atoms with van der Waals surface area (Å²) in [6, 6.07) is 1.89. The smallest absolute Gasteiger partial charge is 0.252 e. The molecule has 0 spiro atoms. The first kappa shape index (κ1) is 14.5. The lowest BCUT2D eigenvalue weighted by atomic mass is 9.91. The van der Waals surface area contributed by atoms with E-state index in [4.69, 9.17) is 0 Å². The minimum Gasteiger partial charge on any atom is -0.355 e. The molecule has 1 atom stereocenters. The van der Waals surface area contributed by atoms with Crippen LogP contribution in [-0.2, 0) is 11.2 Å². The molecule has 1 aromatic rings. The van der Waals surface area contributed by atoms with Gasteiger partial charge in [0, 0.05) is 39.5 Å². The highest BCUT2D eigenvalue weighted by Gasteiger charge is 2.22. The van der Waals surface area contributed by atoms with Crippen molar-refractivity contribution >= 4 is 11.8 Å². The monoisotopic (exact) mass is 275 g/mol. The quantitative estimate of drug-likeness (QED) is 0.903. The molecule has 2 amide bonds. The number of likely N-dealkylation sites (tertiary alicyclic amines) is 1. The van der Waals surface area contributed by atoms with Crippen molar-refractivity contribution < 1.29 is 9.59 Å². The van der Waals surface area contributed by atoms with E-state index in [1.54, 1.807) is 26.4 Å². The Morgan fingerprint density at radius 1 is 1.45 bits per heavy atom. The van der Waals surface area contributed by atoms with Crippen LogP contribution in [0.15, 0.2) is 18.5 Å². The Labute approximate surface area is 119 Å². The number of piperidine rings is 1. The number of nitrogens with zero attached hydrogens (tertiary/aromatic N) is 2. The summed E-state index contributed by atoms with van der Waals surface area (Å²) >= 11 is 0. The van der Waals surface area contributed by atoms with E-state index in [2.05, 4.69) is 10.3 Å². The maximum Gasteiger partial charge on any atom is 0.252 e. The first-order chi connectivity index (χ1) is 9.60. The van der Waals surface area contributed by atoms with Gasteiger partial charge in [0.05, 0.1) is 5.56 Å². The van der Waals surface area contributed by atoms with Gasteiger partial charge in [-0.15, -0.1) is 0 Å². The van der Waals surface area contributed by atoms with Gasteiger partial charge in [-0.25, -0.2) is 0 Å². The lowest BCUT2D eigenvalue weighted by molar-refractivity contribution is -0.130. The predicted octanol–water partition coefficient (Wildman–Crippen LogP) is 1.24. The van der Waals surface area contributed by atoms with Gasteiger partial charge in [0.15, 0.2) is 0 Å². The average molecular weight is 275 g/mol. The predicted molar refractivity (Wildman–Crippen MR) is 76.3 cm³/mol. The molecule has 1 unspecified atom stereocenters. The maximum absolute atomic E-state index is 11.6. The number of nitrogens with one attached hydrogen (secondary N) is 1. The second kappa shape index (κ2) is 6.50. The number of aromatic nitrogens is 1. The standard InChI is InChI=1S/C15H21N3O2/c1-11(19)18-5-3-4-12(10-18)6-13-7-14(9-17-8-13)15(20)16-2/h7-9,12H,3-6,10H2,1-2H3,(H,16,20). The van der Waals surface area contributed by atoms with E-state index < -0.39 is 0 Å². The molecule has 0 bridgehead atoms. The highest BCUT2D eigenvalue weighted by Crippen LogP contribution is 2.21. The van der Waals surface area contributed by atoms with Gasteiger partial charge in [0.2, 0.25) is 5.91 Å². The number of pyridine rings is 1. The van der Waals surface area contributed by atoms with Crippen molar-refractivity contribution in [3.05, 3.63) is 29.6 Å². The molecule has 0 aliphatic carbocycles. The summed E-state index contributed by atoms with van der Waals surface area (Å²) in [5, 5.41) is 2.60. The lowest BCUT2D eigenvalue weighted by Crippen LogP contribution is -2.39. The zero-order valence-electron chi connectivity index (χ0n) is 12.1. The van der Waals surface area contributed by atoms with Crippen LogP contribution in [0.1, 0.15) is 35.7 Å². The number of hydrogen-bond acceptors (Lipinski definition) is 3.